The summed E-state index contributed by atoms with van der Waals surface area (Å²) in [7, 11) is 0. The topological polar surface area (TPSA) is 85.4 Å². The minimum absolute atomic E-state index is 0.149. The van der Waals surface area contributed by atoms with Crippen LogP contribution in [0.5, 0.6) is 0 Å². The summed E-state index contributed by atoms with van der Waals surface area (Å²) in [6, 6.07) is 16.7. The van der Waals surface area contributed by atoms with Gasteiger partial charge in [-0.05, 0) is 23.6 Å². The van der Waals surface area contributed by atoms with Crippen molar-refractivity contribution in [2.45, 2.75) is 32.0 Å². The van der Waals surface area contributed by atoms with Gasteiger partial charge < -0.3 is 19.1 Å². The van der Waals surface area contributed by atoms with Gasteiger partial charge in [0.05, 0.1) is 46.2 Å². The predicted molar refractivity (Wildman–Crippen MR) is 124 cm³/mol. The highest BCUT2D eigenvalue weighted by Crippen LogP contribution is 2.28. The first kappa shape index (κ1) is 24.1. The number of benzene rings is 2. The molecule has 1 unspecified atom stereocenters. The van der Waals surface area contributed by atoms with Crippen molar-refractivity contribution < 1.29 is 28.6 Å². The molecular formula is C26H30N2O6. The number of carbonyl (C=O) groups is 3. The molecule has 0 radical (unpaired) electrons. The fourth-order valence-corrected chi connectivity index (χ4v) is 4.23. The van der Waals surface area contributed by atoms with Crippen LogP contribution in [-0.2, 0) is 37.0 Å². The summed E-state index contributed by atoms with van der Waals surface area (Å²) >= 11 is 0. The second-order valence-corrected chi connectivity index (χ2v) is 8.29. The van der Waals surface area contributed by atoms with Crippen LogP contribution in [0.15, 0.2) is 54.6 Å². The molecule has 0 saturated carbocycles. The summed E-state index contributed by atoms with van der Waals surface area (Å²) in [4.78, 5) is 40.9. The van der Waals surface area contributed by atoms with Crippen molar-refractivity contribution in [2.24, 2.45) is 0 Å². The van der Waals surface area contributed by atoms with Gasteiger partial charge in [-0.1, -0.05) is 48.5 Å². The van der Waals surface area contributed by atoms with E-state index in [9.17, 15) is 14.4 Å². The average molecular weight is 467 g/mol. The highest BCUT2D eigenvalue weighted by Gasteiger charge is 2.42. The molecule has 0 N–H and O–H groups in total. The van der Waals surface area contributed by atoms with Gasteiger partial charge in [0, 0.05) is 18.5 Å². The van der Waals surface area contributed by atoms with Crippen molar-refractivity contribution in [1.82, 2.24) is 9.80 Å². The van der Waals surface area contributed by atoms with Gasteiger partial charge >= 0.3 is 0 Å². The van der Waals surface area contributed by atoms with E-state index in [0.717, 1.165) is 11.1 Å². The Kier molecular flexibility index (Phi) is 8.41. The van der Waals surface area contributed by atoms with Crippen LogP contribution >= 0.6 is 0 Å². The molecule has 2 heterocycles. The Labute approximate surface area is 199 Å². The molecule has 1 saturated heterocycles. The third-order valence-electron chi connectivity index (χ3n) is 6.02. The Bertz CT molecular complexity index is 996. The monoisotopic (exact) mass is 466 g/mol. The van der Waals surface area contributed by atoms with Crippen LogP contribution in [0.1, 0.15) is 34.3 Å². The van der Waals surface area contributed by atoms with E-state index in [4.69, 9.17) is 14.2 Å². The lowest BCUT2D eigenvalue weighted by Gasteiger charge is -2.35. The van der Waals surface area contributed by atoms with Gasteiger partial charge in [0.1, 0.15) is 6.04 Å². The molecule has 8 heteroatoms. The molecule has 8 nitrogen and oxygen atoms in total. The number of ether oxygens (including phenoxy) is 3. The third kappa shape index (κ3) is 5.88. The zero-order valence-corrected chi connectivity index (χ0v) is 19.2. The first-order valence-electron chi connectivity index (χ1n) is 11.7. The zero-order chi connectivity index (χ0) is 23.8. The highest BCUT2D eigenvalue weighted by molar-refractivity contribution is 6.05. The second-order valence-electron chi connectivity index (χ2n) is 8.29. The normalized spacial score (nSPS) is 18.0. The second kappa shape index (κ2) is 11.9. The van der Waals surface area contributed by atoms with E-state index in [-0.39, 0.29) is 37.3 Å². The van der Waals surface area contributed by atoms with Gasteiger partial charge in [0.2, 0.25) is 5.91 Å². The number of hydrogen-bond donors (Lipinski definition) is 0. The molecule has 0 aromatic heterocycles. The summed E-state index contributed by atoms with van der Waals surface area (Å²) in [5.41, 5.74) is 2.67. The highest BCUT2D eigenvalue weighted by atomic mass is 16.5. The van der Waals surface area contributed by atoms with Gasteiger partial charge in [-0.3, -0.25) is 19.3 Å². The lowest BCUT2D eigenvalue weighted by Crippen LogP contribution is -2.55. The maximum Gasteiger partial charge on any atom is 0.255 e. The van der Waals surface area contributed by atoms with E-state index in [1.807, 2.05) is 48.5 Å². The molecule has 1 atom stereocenters. The summed E-state index contributed by atoms with van der Waals surface area (Å²) in [5.74, 6) is -0.696. The molecule has 2 aromatic rings. The molecule has 0 bridgehead atoms. The smallest absolute Gasteiger partial charge is 0.255 e. The number of fused-ring (bicyclic) bond motifs is 1. The Hall–Kier alpha value is -3.07. The Balaban J connectivity index is 1.12. The minimum Gasteiger partial charge on any atom is -0.377 e. The van der Waals surface area contributed by atoms with Crippen LogP contribution in [0, 0.1) is 0 Å². The summed E-state index contributed by atoms with van der Waals surface area (Å²) in [6.07, 6.45) is 0.595. The summed E-state index contributed by atoms with van der Waals surface area (Å²) in [6.45, 7) is 3.07. The maximum absolute atomic E-state index is 13.0. The van der Waals surface area contributed by atoms with Crippen LogP contribution < -0.4 is 0 Å². The first-order valence-corrected chi connectivity index (χ1v) is 11.7. The lowest BCUT2D eigenvalue weighted by atomic mass is 10.0. The molecule has 2 aromatic carbocycles. The molecule has 2 aliphatic heterocycles. The van der Waals surface area contributed by atoms with E-state index in [0.29, 0.717) is 51.6 Å². The number of rotatable bonds is 12. The van der Waals surface area contributed by atoms with Crippen molar-refractivity contribution in [1.29, 1.82) is 0 Å². The van der Waals surface area contributed by atoms with Crippen molar-refractivity contribution in [2.75, 3.05) is 39.6 Å². The van der Waals surface area contributed by atoms with Crippen LogP contribution in [0.4, 0.5) is 0 Å². The van der Waals surface area contributed by atoms with Crippen LogP contribution in [-0.4, -0.2) is 73.1 Å². The zero-order valence-electron chi connectivity index (χ0n) is 19.2. The van der Waals surface area contributed by atoms with E-state index in [1.165, 1.54) is 4.90 Å². The van der Waals surface area contributed by atoms with E-state index >= 15 is 0 Å². The molecule has 4 rings (SSSR count). The third-order valence-corrected chi connectivity index (χ3v) is 6.02. The minimum atomic E-state index is -0.614. The average Bonchev–Trinajstić information content (AvgIpc) is 3.19. The number of piperidine rings is 1. The molecular weight excluding hydrogens is 436 g/mol. The summed E-state index contributed by atoms with van der Waals surface area (Å²) in [5, 5.41) is 0. The molecule has 180 valence electrons. The van der Waals surface area contributed by atoms with Crippen LogP contribution in [0.2, 0.25) is 0 Å². The van der Waals surface area contributed by atoms with Crippen molar-refractivity contribution >= 4 is 17.7 Å². The SMILES string of the molecule is O=C1CCC(N2Cc3ccccc3C2=O)C(=O)N1CCOCCOCCOCc1ccccc1. The fourth-order valence-electron chi connectivity index (χ4n) is 4.23. The Morgan fingerprint density at radius 1 is 0.794 bits per heavy atom. The van der Waals surface area contributed by atoms with Crippen molar-refractivity contribution in [3.8, 4) is 0 Å². The van der Waals surface area contributed by atoms with Gasteiger partial charge in [0.15, 0.2) is 0 Å². The fraction of sp³-hybridized carbons (Fsp3) is 0.423. The molecule has 2 aliphatic rings. The molecule has 3 amide bonds. The van der Waals surface area contributed by atoms with Gasteiger partial charge in [-0.15, -0.1) is 0 Å². The number of amides is 3. The molecule has 1 fully saturated rings. The Morgan fingerprint density at radius 2 is 1.47 bits per heavy atom. The number of nitrogens with zero attached hydrogens (tertiary/aromatic N) is 2. The largest absolute Gasteiger partial charge is 0.377 e. The number of imide groups is 1. The number of carbonyl (C=O) groups excluding carboxylic acids is 3. The quantitative estimate of drug-likeness (QED) is 0.353. The van der Waals surface area contributed by atoms with Gasteiger partial charge in [-0.2, -0.15) is 0 Å². The standard InChI is InChI=1S/C26H30N2O6/c29-24-11-10-23(28-18-21-8-4-5-9-22(21)25(28)30)26(31)27(24)12-13-32-14-15-33-16-17-34-19-20-6-2-1-3-7-20/h1-9,23H,10-19H2. The van der Waals surface area contributed by atoms with Crippen LogP contribution in [0.3, 0.4) is 0 Å². The predicted octanol–water partition coefficient (Wildman–Crippen LogP) is 2.41. The molecule has 0 aliphatic carbocycles. The van der Waals surface area contributed by atoms with E-state index < -0.39 is 6.04 Å². The molecule has 0 spiro atoms. The van der Waals surface area contributed by atoms with Crippen molar-refractivity contribution in [3.63, 3.8) is 0 Å². The van der Waals surface area contributed by atoms with Gasteiger partial charge in [0.25, 0.3) is 11.8 Å². The Morgan fingerprint density at radius 3 is 2.24 bits per heavy atom. The lowest BCUT2D eigenvalue weighted by molar-refractivity contribution is -0.153. The van der Waals surface area contributed by atoms with E-state index in [1.54, 1.807) is 11.0 Å². The van der Waals surface area contributed by atoms with Crippen molar-refractivity contribution in [3.05, 3.63) is 71.3 Å². The van der Waals surface area contributed by atoms with E-state index in [2.05, 4.69) is 0 Å². The van der Waals surface area contributed by atoms with Crippen LogP contribution in [0.25, 0.3) is 0 Å². The summed E-state index contributed by atoms with van der Waals surface area (Å²) < 4.78 is 16.6. The first-order chi connectivity index (χ1) is 16.6. The number of likely N-dealkylation sites (tertiary alicyclic amines) is 1. The number of hydrogen-bond acceptors (Lipinski definition) is 6. The van der Waals surface area contributed by atoms with Gasteiger partial charge in [-0.25, -0.2) is 0 Å². The molecule has 34 heavy (non-hydrogen) atoms. The maximum atomic E-state index is 13.0.